The van der Waals surface area contributed by atoms with Gasteiger partial charge in [-0.15, -0.1) is 0 Å². The molecule has 0 saturated heterocycles. The zero-order valence-corrected chi connectivity index (χ0v) is 14.1. The fourth-order valence-electron chi connectivity index (χ4n) is 3.01. The van der Waals surface area contributed by atoms with Crippen molar-refractivity contribution in [1.82, 2.24) is 15.0 Å². The topological polar surface area (TPSA) is 59.0 Å². The minimum Gasteiger partial charge on any atom is -0.296 e. The molecule has 2 aromatic heterocycles. The first-order valence-corrected chi connectivity index (χ1v) is 8.40. The van der Waals surface area contributed by atoms with Gasteiger partial charge in [0.2, 0.25) is 11.2 Å². The average molecular weight is 351 g/mol. The minimum absolute atomic E-state index is 0.0651. The highest BCUT2D eigenvalue weighted by atomic mass is 35.5. The number of anilines is 1. The summed E-state index contributed by atoms with van der Waals surface area (Å²) in [4.78, 5) is 27.0. The van der Waals surface area contributed by atoms with Crippen molar-refractivity contribution in [2.45, 2.75) is 12.8 Å². The van der Waals surface area contributed by atoms with Crippen LogP contribution in [0.2, 0.25) is 5.28 Å². The second kappa shape index (κ2) is 6.61. The Morgan fingerprint density at radius 3 is 2.80 bits per heavy atom. The van der Waals surface area contributed by atoms with Crippen molar-refractivity contribution in [1.29, 1.82) is 0 Å². The van der Waals surface area contributed by atoms with E-state index < -0.39 is 0 Å². The molecule has 0 radical (unpaired) electrons. The van der Waals surface area contributed by atoms with Gasteiger partial charge in [-0.25, -0.2) is 15.0 Å². The van der Waals surface area contributed by atoms with Gasteiger partial charge in [0.1, 0.15) is 5.82 Å². The maximum atomic E-state index is 12.6. The van der Waals surface area contributed by atoms with Gasteiger partial charge >= 0.3 is 0 Å². The number of benzene rings is 1. The Morgan fingerprint density at radius 1 is 1.16 bits per heavy atom. The lowest BCUT2D eigenvalue weighted by atomic mass is 10.1. The highest BCUT2D eigenvalue weighted by Gasteiger charge is 2.26. The Labute approximate surface area is 150 Å². The summed E-state index contributed by atoms with van der Waals surface area (Å²) in [6, 6.07) is 13.6. The molecule has 6 heteroatoms. The summed E-state index contributed by atoms with van der Waals surface area (Å²) in [6.07, 6.45) is 4.51. The van der Waals surface area contributed by atoms with Crippen LogP contribution in [0, 0.1) is 0 Å². The van der Waals surface area contributed by atoms with Gasteiger partial charge in [-0.05, 0) is 41.3 Å². The molecule has 3 heterocycles. The lowest BCUT2D eigenvalue weighted by Gasteiger charge is -2.16. The van der Waals surface area contributed by atoms with Gasteiger partial charge in [0.15, 0.2) is 0 Å². The van der Waals surface area contributed by atoms with Gasteiger partial charge in [-0.1, -0.05) is 30.3 Å². The summed E-state index contributed by atoms with van der Waals surface area (Å²) < 4.78 is 0. The third-order valence-corrected chi connectivity index (χ3v) is 4.41. The van der Waals surface area contributed by atoms with E-state index in [2.05, 4.69) is 15.0 Å². The summed E-state index contributed by atoms with van der Waals surface area (Å²) in [5, 5.41) is 0.206. The number of halogens is 1. The van der Waals surface area contributed by atoms with Gasteiger partial charge in [-0.2, -0.15) is 0 Å². The number of aromatic nitrogens is 3. The quantitative estimate of drug-likeness (QED) is 0.680. The number of fused-ring (bicyclic) bond motifs is 1. The molecule has 124 valence electrons. The zero-order chi connectivity index (χ0) is 17.2. The monoisotopic (exact) mass is 350 g/mol. The van der Waals surface area contributed by atoms with Crippen molar-refractivity contribution < 1.29 is 4.79 Å². The average Bonchev–Trinajstić information content (AvgIpc) is 3.06. The van der Waals surface area contributed by atoms with Crippen LogP contribution in [-0.4, -0.2) is 27.4 Å². The first-order valence-electron chi connectivity index (χ1n) is 8.03. The summed E-state index contributed by atoms with van der Waals surface area (Å²) in [6.45, 7) is 0.655. The van der Waals surface area contributed by atoms with Crippen molar-refractivity contribution in [3.8, 4) is 11.3 Å². The number of nitrogens with zero attached hydrogens (tertiary/aromatic N) is 4. The van der Waals surface area contributed by atoms with Crippen molar-refractivity contribution in [3.05, 3.63) is 71.3 Å². The Bertz CT molecular complexity index is 930. The molecule has 0 spiro atoms. The highest BCUT2D eigenvalue weighted by molar-refractivity contribution is 6.28. The number of amides is 1. The van der Waals surface area contributed by atoms with Crippen LogP contribution in [0.3, 0.4) is 0 Å². The van der Waals surface area contributed by atoms with E-state index in [0.29, 0.717) is 13.0 Å². The number of hydrogen-bond donors (Lipinski definition) is 0. The molecule has 1 aliphatic heterocycles. The molecule has 1 amide bonds. The van der Waals surface area contributed by atoms with Crippen molar-refractivity contribution in [2.24, 2.45) is 0 Å². The minimum atomic E-state index is 0.0651. The van der Waals surface area contributed by atoms with Gasteiger partial charge in [0.25, 0.3) is 0 Å². The molecule has 1 aliphatic rings. The van der Waals surface area contributed by atoms with Crippen molar-refractivity contribution in [3.63, 3.8) is 0 Å². The molecule has 25 heavy (non-hydrogen) atoms. The van der Waals surface area contributed by atoms with Gasteiger partial charge in [-0.3, -0.25) is 9.69 Å². The van der Waals surface area contributed by atoms with E-state index in [1.807, 2.05) is 36.4 Å². The predicted molar refractivity (Wildman–Crippen MR) is 96.5 cm³/mol. The van der Waals surface area contributed by atoms with Crippen LogP contribution >= 0.6 is 11.6 Å². The zero-order valence-electron chi connectivity index (χ0n) is 13.4. The number of rotatable bonds is 3. The summed E-state index contributed by atoms with van der Waals surface area (Å²) >= 11 is 5.86. The molecule has 3 aromatic rings. The normalized spacial score (nSPS) is 12.9. The molecule has 5 nitrogen and oxygen atoms in total. The van der Waals surface area contributed by atoms with Crippen molar-refractivity contribution in [2.75, 3.05) is 11.4 Å². The molecule has 4 rings (SSSR count). The van der Waals surface area contributed by atoms with Crippen LogP contribution in [0.15, 0.2) is 54.9 Å². The molecule has 0 fully saturated rings. The smallest absolute Gasteiger partial charge is 0.232 e. The molecule has 0 saturated carbocycles. The lowest BCUT2D eigenvalue weighted by Crippen LogP contribution is -2.30. The SMILES string of the molecule is O=C(Cc1ccccc1)N1CCc2cc(-c3ccnc(Cl)n3)cnc21. The van der Waals surface area contributed by atoms with Crippen molar-refractivity contribution >= 4 is 23.3 Å². The molecule has 0 unspecified atom stereocenters. The van der Waals surface area contributed by atoms with Gasteiger partial charge in [0, 0.05) is 24.5 Å². The highest BCUT2D eigenvalue weighted by Crippen LogP contribution is 2.30. The van der Waals surface area contributed by atoms with Crippen LogP contribution in [0.5, 0.6) is 0 Å². The second-order valence-electron chi connectivity index (χ2n) is 5.88. The van der Waals surface area contributed by atoms with Gasteiger partial charge < -0.3 is 0 Å². The number of carbonyl (C=O) groups excluding carboxylic acids is 1. The molecule has 0 bridgehead atoms. The summed E-state index contributed by atoms with van der Waals surface area (Å²) in [5.41, 5.74) is 3.66. The maximum Gasteiger partial charge on any atom is 0.232 e. The van der Waals surface area contributed by atoms with Crippen LogP contribution in [0.25, 0.3) is 11.3 Å². The molecule has 0 atom stereocenters. The van der Waals surface area contributed by atoms with E-state index >= 15 is 0 Å². The fourth-order valence-corrected chi connectivity index (χ4v) is 3.16. The van der Waals surface area contributed by atoms with Crippen LogP contribution in [0.4, 0.5) is 5.82 Å². The van der Waals surface area contributed by atoms with Gasteiger partial charge in [0.05, 0.1) is 12.1 Å². The van der Waals surface area contributed by atoms with Crippen LogP contribution in [0.1, 0.15) is 11.1 Å². The standard InChI is InChI=1S/C19H15ClN4O/c20-19-21-8-6-16(23-19)15-11-14-7-9-24(18(14)22-12-15)17(25)10-13-4-2-1-3-5-13/h1-6,8,11-12H,7,9-10H2. The molecule has 1 aromatic carbocycles. The van der Waals surface area contributed by atoms with E-state index in [1.54, 1.807) is 23.4 Å². The third kappa shape index (κ3) is 3.23. The Morgan fingerprint density at radius 2 is 2.00 bits per heavy atom. The van der Waals surface area contributed by atoms with Crippen LogP contribution < -0.4 is 4.90 Å². The Hall–Kier alpha value is -2.79. The second-order valence-corrected chi connectivity index (χ2v) is 6.21. The molecule has 0 N–H and O–H groups in total. The lowest BCUT2D eigenvalue weighted by molar-refractivity contribution is -0.117. The predicted octanol–water partition coefficient (Wildman–Crippen LogP) is 3.32. The number of carbonyl (C=O) groups is 1. The Kier molecular flexibility index (Phi) is 4.15. The van der Waals surface area contributed by atoms with E-state index in [0.717, 1.165) is 34.6 Å². The largest absolute Gasteiger partial charge is 0.296 e. The van der Waals surface area contributed by atoms with E-state index in [-0.39, 0.29) is 11.2 Å². The summed E-state index contributed by atoms with van der Waals surface area (Å²) in [5.74, 6) is 0.806. The first-order chi connectivity index (χ1) is 12.2. The number of hydrogen-bond acceptors (Lipinski definition) is 4. The Balaban J connectivity index is 1.58. The third-order valence-electron chi connectivity index (χ3n) is 4.22. The summed E-state index contributed by atoms with van der Waals surface area (Å²) in [7, 11) is 0. The maximum absolute atomic E-state index is 12.6. The number of pyridine rings is 1. The fraction of sp³-hybridized carbons (Fsp3) is 0.158. The molecular weight excluding hydrogens is 336 g/mol. The molecular formula is C19H15ClN4O. The van der Waals surface area contributed by atoms with E-state index in [1.165, 1.54) is 0 Å². The first kappa shape index (κ1) is 15.7. The van der Waals surface area contributed by atoms with Crippen LogP contribution in [-0.2, 0) is 17.6 Å². The van der Waals surface area contributed by atoms with E-state index in [4.69, 9.17) is 11.6 Å². The van der Waals surface area contributed by atoms with E-state index in [9.17, 15) is 4.79 Å². The molecule has 0 aliphatic carbocycles.